The first-order chi connectivity index (χ1) is 8.50. The van der Waals surface area contributed by atoms with E-state index in [0.29, 0.717) is 11.8 Å². The van der Waals surface area contributed by atoms with Crippen molar-refractivity contribution >= 4 is 5.69 Å². The zero-order valence-electron chi connectivity index (χ0n) is 9.15. The molecule has 5 nitrogen and oxygen atoms in total. The number of phenolic OH excluding ortho intramolecular Hbond substituents is 2. The predicted molar refractivity (Wildman–Crippen MR) is 62.8 cm³/mol. The van der Waals surface area contributed by atoms with Crippen molar-refractivity contribution in [3.05, 3.63) is 64.5 Å². The molecule has 2 aromatic rings. The Balaban J connectivity index is 0.000000199. The molecule has 0 radical (unpaired) electrons. The Kier molecular flexibility index (Phi) is 4.62. The minimum atomic E-state index is -1.03. The van der Waals surface area contributed by atoms with Gasteiger partial charge in [0.15, 0.2) is 0 Å². The van der Waals surface area contributed by atoms with Gasteiger partial charge in [-0.05, 0) is 18.2 Å². The highest BCUT2D eigenvalue weighted by molar-refractivity contribution is 5.37. The van der Waals surface area contributed by atoms with Crippen molar-refractivity contribution in [3.8, 4) is 11.5 Å². The van der Waals surface area contributed by atoms with E-state index in [1.54, 1.807) is 24.3 Å². The van der Waals surface area contributed by atoms with Crippen molar-refractivity contribution in [2.24, 2.45) is 0 Å². The summed E-state index contributed by atoms with van der Waals surface area (Å²) in [6.07, 6.45) is 0. The van der Waals surface area contributed by atoms with Crippen LogP contribution in [0.25, 0.3) is 0 Å². The lowest BCUT2D eigenvalue weighted by molar-refractivity contribution is -0.387. The molecule has 0 atom stereocenters. The largest absolute Gasteiger partial charge is 0.508 e. The van der Waals surface area contributed by atoms with Gasteiger partial charge in [-0.25, -0.2) is 0 Å². The van der Waals surface area contributed by atoms with E-state index in [0.717, 1.165) is 12.1 Å². The van der Waals surface area contributed by atoms with E-state index < -0.39 is 16.4 Å². The maximum atomic E-state index is 12.5. The number of nitro groups is 1. The van der Waals surface area contributed by atoms with E-state index in [4.69, 9.17) is 10.2 Å². The number of phenols is 2. The lowest BCUT2D eigenvalue weighted by Crippen LogP contribution is -1.90. The van der Waals surface area contributed by atoms with Gasteiger partial charge in [-0.2, -0.15) is 4.39 Å². The third-order valence-corrected chi connectivity index (χ3v) is 1.88. The van der Waals surface area contributed by atoms with Crippen LogP contribution in [0.15, 0.2) is 48.5 Å². The van der Waals surface area contributed by atoms with Crippen molar-refractivity contribution < 1.29 is 19.5 Å². The van der Waals surface area contributed by atoms with Gasteiger partial charge in [-0.3, -0.25) is 10.1 Å². The Bertz CT molecular complexity index is 531. The lowest BCUT2D eigenvalue weighted by Gasteiger charge is -1.93. The first kappa shape index (κ1) is 13.4. The highest BCUT2D eigenvalue weighted by Gasteiger charge is 2.12. The monoisotopic (exact) mass is 251 g/mol. The fourth-order valence-corrected chi connectivity index (χ4v) is 1.07. The van der Waals surface area contributed by atoms with Gasteiger partial charge in [0.1, 0.15) is 11.5 Å². The van der Waals surface area contributed by atoms with E-state index in [2.05, 4.69) is 0 Å². The van der Waals surface area contributed by atoms with Crippen LogP contribution in [0.2, 0.25) is 0 Å². The molecule has 0 unspecified atom stereocenters. The number of hydrogen-bond donors (Lipinski definition) is 2. The molecule has 0 amide bonds. The van der Waals surface area contributed by atoms with Gasteiger partial charge in [-0.1, -0.05) is 18.2 Å². The molecule has 18 heavy (non-hydrogen) atoms. The first-order valence-corrected chi connectivity index (χ1v) is 4.87. The second-order valence-electron chi connectivity index (χ2n) is 3.23. The van der Waals surface area contributed by atoms with Gasteiger partial charge in [-0.15, -0.1) is 0 Å². The van der Waals surface area contributed by atoms with Gasteiger partial charge < -0.3 is 10.2 Å². The van der Waals surface area contributed by atoms with Crippen LogP contribution in [0.3, 0.4) is 0 Å². The summed E-state index contributed by atoms with van der Waals surface area (Å²) in [5.41, 5.74) is -0.636. The summed E-state index contributed by atoms with van der Waals surface area (Å²) in [7, 11) is 0. The summed E-state index contributed by atoms with van der Waals surface area (Å²) >= 11 is 0. The molecule has 0 aliphatic rings. The van der Waals surface area contributed by atoms with Gasteiger partial charge in [0.25, 0.3) is 0 Å². The minimum Gasteiger partial charge on any atom is -0.508 e. The Morgan fingerprint density at radius 2 is 1.61 bits per heavy atom. The van der Waals surface area contributed by atoms with Crippen molar-refractivity contribution in [2.75, 3.05) is 0 Å². The molecule has 0 heterocycles. The van der Waals surface area contributed by atoms with Gasteiger partial charge in [0, 0.05) is 12.1 Å². The zero-order valence-corrected chi connectivity index (χ0v) is 9.15. The van der Waals surface area contributed by atoms with Crippen molar-refractivity contribution in [2.45, 2.75) is 0 Å². The molecule has 0 saturated heterocycles. The average molecular weight is 251 g/mol. The lowest BCUT2D eigenvalue weighted by atomic mass is 10.3. The third-order valence-electron chi connectivity index (χ3n) is 1.88. The standard InChI is InChI=1S/C6H4FNO3.C6H6O/c7-5-3-4(9)1-2-6(5)8(10)11;7-6-4-2-1-3-5-6/h1-3,9H;1-5,7H. The molecular weight excluding hydrogens is 241 g/mol. The number of halogens is 1. The fourth-order valence-electron chi connectivity index (χ4n) is 1.07. The first-order valence-electron chi connectivity index (χ1n) is 4.87. The minimum absolute atomic E-state index is 0.322. The number of aromatic hydroxyl groups is 2. The van der Waals surface area contributed by atoms with Crippen molar-refractivity contribution in [1.29, 1.82) is 0 Å². The van der Waals surface area contributed by atoms with E-state index in [1.165, 1.54) is 0 Å². The summed E-state index contributed by atoms with van der Waals surface area (Å²) in [4.78, 5) is 9.16. The summed E-state index contributed by atoms with van der Waals surface area (Å²) < 4.78 is 12.5. The van der Waals surface area contributed by atoms with Crippen LogP contribution < -0.4 is 0 Å². The molecule has 2 rings (SSSR count). The Labute approximate surface area is 102 Å². The number of para-hydroxylation sites is 1. The SMILES string of the molecule is O=[N+]([O-])c1ccc(O)cc1F.Oc1ccccc1. The fraction of sp³-hybridized carbons (Fsp3) is 0. The molecule has 0 fully saturated rings. The molecule has 0 aliphatic heterocycles. The highest BCUT2D eigenvalue weighted by Crippen LogP contribution is 2.20. The molecule has 2 N–H and O–H groups in total. The topological polar surface area (TPSA) is 83.6 Å². The van der Waals surface area contributed by atoms with Crippen LogP contribution in [-0.4, -0.2) is 15.1 Å². The molecular formula is C12H10FNO4. The number of hydrogen-bond acceptors (Lipinski definition) is 4. The maximum absolute atomic E-state index is 12.5. The Morgan fingerprint density at radius 1 is 1.00 bits per heavy atom. The number of nitro benzene ring substituents is 1. The van der Waals surface area contributed by atoms with Gasteiger partial charge in [0.2, 0.25) is 5.82 Å². The van der Waals surface area contributed by atoms with Gasteiger partial charge >= 0.3 is 5.69 Å². The van der Waals surface area contributed by atoms with Crippen LogP contribution >= 0.6 is 0 Å². The quantitative estimate of drug-likeness (QED) is 0.603. The summed E-state index contributed by atoms with van der Waals surface area (Å²) in [6, 6.07) is 11.4. The molecule has 0 aliphatic carbocycles. The molecule has 6 heteroatoms. The Hall–Kier alpha value is -2.63. The van der Waals surface area contributed by atoms with Crippen LogP contribution in [0.4, 0.5) is 10.1 Å². The van der Waals surface area contributed by atoms with E-state index >= 15 is 0 Å². The second kappa shape index (κ2) is 6.19. The molecule has 0 aromatic heterocycles. The second-order valence-corrected chi connectivity index (χ2v) is 3.23. The smallest absolute Gasteiger partial charge is 0.305 e. The number of benzene rings is 2. The van der Waals surface area contributed by atoms with Crippen LogP contribution in [0.5, 0.6) is 11.5 Å². The molecule has 0 saturated carbocycles. The van der Waals surface area contributed by atoms with Crippen LogP contribution in [0, 0.1) is 15.9 Å². The van der Waals surface area contributed by atoms with Gasteiger partial charge in [0.05, 0.1) is 4.92 Å². The normalized spacial score (nSPS) is 9.17. The van der Waals surface area contributed by atoms with Crippen LogP contribution in [0.1, 0.15) is 0 Å². The third kappa shape index (κ3) is 4.09. The molecule has 0 bridgehead atoms. The number of rotatable bonds is 1. The number of nitrogens with zero attached hydrogens (tertiary/aromatic N) is 1. The average Bonchev–Trinajstić information content (AvgIpc) is 2.30. The summed E-state index contributed by atoms with van der Waals surface area (Å²) in [5.74, 6) is -1.04. The molecule has 2 aromatic carbocycles. The predicted octanol–water partition coefficient (Wildman–Crippen LogP) is 2.83. The molecule has 0 spiro atoms. The summed E-state index contributed by atoms with van der Waals surface area (Å²) in [6.45, 7) is 0. The highest BCUT2D eigenvalue weighted by atomic mass is 19.1. The maximum Gasteiger partial charge on any atom is 0.305 e. The summed E-state index contributed by atoms with van der Waals surface area (Å²) in [5, 5.41) is 27.3. The molecule has 94 valence electrons. The Morgan fingerprint density at radius 3 is 2.00 bits per heavy atom. The zero-order chi connectivity index (χ0) is 13.5. The van der Waals surface area contributed by atoms with Crippen molar-refractivity contribution in [1.82, 2.24) is 0 Å². The van der Waals surface area contributed by atoms with E-state index in [9.17, 15) is 14.5 Å². The van der Waals surface area contributed by atoms with E-state index in [-0.39, 0.29) is 5.75 Å². The van der Waals surface area contributed by atoms with E-state index in [1.807, 2.05) is 6.07 Å². The van der Waals surface area contributed by atoms with Crippen LogP contribution in [-0.2, 0) is 0 Å². The van der Waals surface area contributed by atoms with Crippen molar-refractivity contribution in [3.63, 3.8) is 0 Å².